The summed E-state index contributed by atoms with van der Waals surface area (Å²) in [5.74, 6) is -1.13. The first-order valence-corrected chi connectivity index (χ1v) is 9.45. The lowest BCUT2D eigenvalue weighted by Gasteiger charge is -2.18. The summed E-state index contributed by atoms with van der Waals surface area (Å²) in [6, 6.07) is 10.2. The zero-order valence-corrected chi connectivity index (χ0v) is 17.2. The number of esters is 1. The number of rotatable bonds is 6. The van der Waals surface area contributed by atoms with E-state index in [2.05, 4.69) is 5.32 Å². The molecule has 0 spiro atoms. The molecule has 0 radical (unpaired) electrons. The van der Waals surface area contributed by atoms with Crippen LogP contribution in [0.5, 0.6) is 0 Å². The molecule has 0 fully saturated rings. The van der Waals surface area contributed by atoms with Crippen LogP contribution in [0.15, 0.2) is 48.5 Å². The molecule has 7 heteroatoms. The molecule has 1 amide bonds. The van der Waals surface area contributed by atoms with Crippen LogP contribution in [0.4, 0.5) is 18.9 Å². The van der Waals surface area contributed by atoms with Crippen molar-refractivity contribution in [3.63, 3.8) is 0 Å². The number of aryl methyl sites for hydroxylation is 1. The van der Waals surface area contributed by atoms with Gasteiger partial charge in [-0.05, 0) is 54.7 Å². The first kappa shape index (κ1) is 23.2. The third-order valence-corrected chi connectivity index (χ3v) is 4.46. The van der Waals surface area contributed by atoms with Crippen LogP contribution in [-0.4, -0.2) is 18.0 Å². The van der Waals surface area contributed by atoms with Crippen LogP contribution >= 0.6 is 0 Å². The zero-order valence-electron chi connectivity index (χ0n) is 17.2. The van der Waals surface area contributed by atoms with Crippen molar-refractivity contribution in [1.29, 1.82) is 0 Å². The molecule has 30 heavy (non-hydrogen) atoms. The topological polar surface area (TPSA) is 55.4 Å². The van der Waals surface area contributed by atoms with Crippen LogP contribution in [0, 0.1) is 6.92 Å². The molecule has 2 aromatic rings. The molecule has 0 heterocycles. The molecule has 0 aliphatic rings. The molecule has 0 aliphatic carbocycles. The molecule has 2 rings (SSSR count). The Bertz CT molecular complexity index is 949. The molecule has 0 saturated heterocycles. The number of halogens is 3. The second-order valence-electron chi connectivity index (χ2n) is 7.22. The summed E-state index contributed by atoms with van der Waals surface area (Å²) in [7, 11) is 0. The second kappa shape index (κ2) is 9.61. The number of amides is 1. The number of benzene rings is 2. The van der Waals surface area contributed by atoms with E-state index in [1.807, 2.05) is 39.0 Å². The Morgan fingerprint density at radius 1 is 1.07 bits per heavy atom. The number of alkyl halides is 3. The van der Waals surface area contributed by atoms with E-state index in [9.17, 15) is 22.8 Å². The molecule has 160 valence electrons. The van der Waals surface area contributed by atoms with Gasteiger partial charge < -0.3 is 10.1 Å². The van der Waals surface area contributed by atoms with E-state index in [1.165, 1.54) is 25.1 Å². The van der Waals surface area contributed by atoms with E-state index in [0.29, 0.717) is 5.69 Å². The maximum Gasteiger partial charge on any atom is 0.416 e. The van der Waals surface area contributed by atoms with Crippen LogP contribution in [0.25, 0.3) is 6.08 Å². The predicted octanol–water partition coefficient (Wildman–Crippen LogP) is 5.72. The first-order valence-electron chi connectivity index (χ1n) is 9.45. The Kier molecular flexibility index (Phi) is 7.43. The minimum atomic E-state index is -4.47. The number of hydrogen-bond acceptors (Lipinski definition) is 3. The Hall–Kier alpha value is -3.09. The standard InChI is InChI=1S/C23H24F3NO3/c1-14(2)19-10-5-7-15(3)21(19)27-22(29)16(4)30-20(28)12-11-17-8-6-9-18(13-17)23(24,25)26/h5-14,16H,1-4H3,(H,27,29)/b12-11+/t16-/m1/s1. The fraction of sp³-hybridized carbons (Fsp3) is 0.304. The Balaban J connectivity index is 2.03. The molecular formula is C23H24F3NO3. The van der Waals surface area contributed by atoms with Gasteiger partial charge in [-0.25, -0.2) is 4.79 Å². The van der Waals surface area contributed by atoms with Crippen molar-refractivity contribution in [1.82, 2.24) is 0 Å². The number of ether oxygens (including phenoxy) is 1. The molecule has 0 aromatic heterocycles. The minimum absolute atomic E-state index is 0.188. The van der Waals surface area contributed by atoms with Crippen LogP contribution in [0.2, 0.25) is 0 Å². The quantitative estimate of drug-likeness (QED) is 0.481. The predicted molar refractivity (Wildman–Crippen MR) is 110 cm³/mol. The Morgan fingerprint density at radius 3 is 2.37 bits per heavy atom. The Labute approximate surface area is 173 Å². The van der Waals surface area contributed by atoms with Crippen molar-refractivity contribution in [2.75, 3.05) is 5.32 Å². The number of hydrogen-bond donors (Lipinski definition) is 1. The SMILES string of the molecule is Cc1cccc(C(C)C)c1NC(=O)[C@@H](C)OC(=O)/C=C/c1cccc(C(F)(F)F)c1. The number of carbonyl (C=O) groups is 2. The number of anilines is 1. The summed E-state index contributed by atoms with van der Waals surface area (Å²) >= 11 is 0. The van der Waals surface area contributed by atoms with Crippen molar-refractivity contribution in [2.24, 2.45) is 0 Å². The summed E-state index contributed by atoms with van der Waals surface area (Å²) < 4.78 is 43.3. The normalized spacial score (nSPS) is 12.8. The number of nitrogens with one attached hydrogen (secondary N) is 1. The molecule has 1 atom stereocenters. The van der Waals surface area contributed by atoms with Gasteiger partial charge in [0.1, 0.15) is 0 Å². The molecule has 0 saturated carbocycles. The van der Waals surface area contributed by atoms with Crippen molar-refractivity contribution in [3.05, 3.63) is 70.8 Å². The smallest absolute Gasteiger partial charge is 0.416 e. The van der Waals surface area contributed by atoms with Gasteiger partial charge >= 0.3 is 12.1 Å². The maximum atomic E-state index is 12.8. The summed E-state index contributed by atoms with van der Waals surface area (Å²) in [5.41, 5.74) is 1.91. The van der Waals surface area contributed by atoms with E-state index in [-0.39, 0.29) is 11.5 Å². The molecule has 0 aliphatic heterocycles. The average Bonchev–Trinajstić information content (AvgIpc) is 2.67. The van der Waals surface area contributed by atoms with E-state index < -0.39 is 29.7 Å². The highest BCUT2D eigenvalue weighted by Crippen LogP contribution is 2.30. The van der Waals surface area contributed by atoms with Crippen LogP contribution < -0.4 is 5.32 Å². The first-order chi connectivity index (χ1) is 14.0. The van der Waals surface area contributed by atoms with Crippen molar-refractivity contribution in [2.45, 2.75) is 45.9 Å². The van der Waals surface area contributed by atoms with E-state index in [4.69, 9.17) is 4.74 Å². The summed E-state index contributed by atoms with van der Waals surface area (Å²) in [6.07, 6.45) is -3.35. The van der Waals surface area contributed by atoms with Gasteiger partial charge in [0, 0.05) is 11.8 Å². The fourth-order valence-corrected chi connectivity index (χ4v) is 2.82. The summed E-state index contributed by atoms with van der Waals surface area (Å²) in [6.45, 7) is 7.31. The average molecular weight is 419 g/mol. The molecular weight excluding hydrogens is 395 g/mol. The third-order valence-electron chi connectivity index (χ3n) is 4.46. The van der Waals surface area contributed by atoms with Crippen molar-refractivity contribution >= 4 is 23.6 Å². The lowest BCUT2D eigenvalue weighted by Crippen LogP contribution is -2.30. The van der Waals surface area contributed by atoms with Gasteiger partial charge in [0.15, 0.2) is 6.10 Å². The monoisotopic (exact) mass is 419 g/mol. The van der Waals surface area contributed by atoms with Gasteiger partial charge in [-0.1, -0.05) is 44.2 Å². The maximum absolute atomic E-state index is 12.8. The fourth-order valence-electron chi connectivity index (χ4n) is 2.82. The number of para-hydroxylation sites is 1. The lowest BCUT2D eigenvalue weighted by atomic mass is 9.98. The highest BCUT2D eigenvalue weighted by molar-refractivity contribution is 5.97. The molecule has 0 unspecified atom stereocenters. The Morgan fingerprint density at radius 2 is 1.73 bits per heavy atom. The summed E-state index contributed by atoms with van der Waals surface area (Å²) in [4.78, 5) is 24.5. The van der Waals surface area contributed by atoms with Crippen molar-refractivity contribution < 1.29 is 27.5 Å². The summed E-state index contributed by atoms with van der Waals surface area (Å²) in [5, 5.41) is 2.80. The highest BCUT2D eigenvalue weighted by atomic mass is 19.4. The van der Waals surface area contributed by atoms with Gasteiger partial charge in [0.25, 0.3) is 5.91 Å². The third kappa shape index (κ3) is 6.20. The van der Waals surface area contributed by atoms with Crippen LogP contribution in [-0.2, 0) is 20.5 Å². The number of carbonyl (C=O) groups excluding carboxylic acids is 2. The van der Waals surface area contributed by atoms with E-state index in [1.54, 1.807) is 0 Å². The van der Waals surface area contributed by atoms with E-state index in [0.717, 1.165) is 29.3 Å². The molecule has 1 N–H and O–H groups in total. The largest absolute Gasteiger partial charge is 0.449 e. The van der Waals surface area contributed by atoms with Gasteiger partial charge in [0.05, 0.1) is 5.56 Å². The van der Waals surface area contributed by atoms with Crippen molar-refractivity contribution in [3.8, 4) is 0 Å². The highest BCUT2D eigenvalue weighted by Gasteiger charge is 2.30. The van der Waals surface area contributed by atoms with Gasteiger partial charge in [0.2, 0.25) is 0 Å². The van der Waals surface area contributed by atoms with E-state index >= 15 is 0 Å². The molecule has 2 aromatic carbocycles. The van der Waals surface area contributed by atoms with Gasteiger partial charge in [-0.15, -0.1) is 0 Å². The molecule has 0 bridgehead atoms. The zero-order chi connectivity index (χ0) is 22.5. The second-order valence-corrected chi connectivity index (χ2v) is 7.22. The van der Waals surface area contributed by atoms with Gasteiger partial charge in [-0.2, -0.15) is 13.2 Å². The van der Waals surface area contributed by atoms with Gasteiger partial charge in [-0.3, -0.25) is 4.79 Å². The lowest BCUT2D eigenvalue weighted by molar-refractivity contribution is -0.148. The van der Waals surface area contributed by atoms with Crippen LogP contribution in [0.3, 0.4) is 0 Å². The minimum Gasteiger partial charge on any atom is -0.449 e. The molecule has 4 nitrogen and oxygen atoms in total. The van der Waals surface area contributed by atoms with Crippen LogP contribution in [0.1, 0.15) is 48.9 Å².